The maximum Gasteiger partial charge on any atom is 0.416 e. The van der Waals surface area contributed by atoms with Gasteiger partial charge in [-0.15, -0.1) is 0 Å². The lowest BCUT2D eigenvalue weighted by Gasteiger charge is -2.35. The highest BCUT2D eigenvalue weighted by molar-refractivity contribution is 5.29. The molecule has 0 aliphatic heterocycles. The van der Waals surface area contributed by atoms with Crippen molar-refractivity contribution in [1.29, 1.82) is 0 Å². The van der Waals surface area contributed by atoms with Gasteiger partial charge in [0, 0.05) is 0 Å². The molecular weight excluding hydrogens is 227 g/mol. The largest absolute Gasteiger partial charge is 0.416 e. The van der Waals surface area contributed by atoms with Crippen molar-refractivity contribution in [2.75, 3.05) is 13.6 Å². The van der Waals surface area contributed by atoms with Crippen LogP contribution in [0.1, 0.15) is 29.9 Å². The topological polar surface area (TPSA) is 12.0 Å². The van der Waals surface area contributed by atoms with Gasteiger partial charge in [0.25, 0.3) is 0 Å². The van der Waals surface area contributed by atoms with Gasteiger partial charge in [0.05, 0.1) is 5.56 Å². The first kappa shape index (κ1) is 12.4. The van der Waals surface area contributed by atoms with Crippen molar-refractivity contribution in [2.24, 2.45) is 5.92 Å². The van der Waals surface area contributed by atoms with Gasteiger partial charge in [-0.25, -0.2) is 0 Å². The molecule has 17 heavy (non-hydrogen) atoms. The molecule has 1 aromatic rings. The summed E-state index contributed by atoms with van der Waals surface area (Å²) in [7, 11) is 1.90. The lowest BCUT2D eigenvalue weighted by atomic mass is 9.71. The molecule has 1 N–H and O–H groups in total. The van der Waals surface area contributed by atoms with E-state index in [1.165, 1.54) is 12.1 Å². The first-order chi connectivity index (χ1) is 8.00. The predicted molar refractivity (Wildman–Crippen MR) is 60.8 cm³/mol. The van der Waals surface area contributed by atoms with Gasteiger partial charge in [-0.1, -0.05) is 18.2 Å². The second kappa shape index (κ2) is 4.69. The molecule has 0 heterocycles. The summed E-state index contributed by atoms with van der Waals surface area (Å²) in [6.07, 6.45) is -2.26. The van der Waals surface area contributed by atoms with Crippen LogP contribution in [0.3, 0.4) is 0 Å². The first-order valence-corrected chi connectivity index (χ1v) is 5.82. The zero-order chi connectivity index (χ0) is 12.5. The minimum atomic E-state index is -4.23. The van der Waals surface area contributed by atoms with Crippen molar-refractivity contribution in [1.82, 2.24) is 5.32 Å². The van der Waals surface area contributed by atoms with E-state index < -0.39 is 11.7 Å². The van der Waals surface area contributed by atoms with Crippen LogP contribution in [0.15, 0.2) is 24.3 Å². The second-order valence-electron chi connectivity index (χ2n) is 4.72. The normalized spacial score (nSPS) is 24.5. The van der Waals surface area contributed by atoms with Crippen molar-refractivity contribution in [2.45, 2.75) is 24.9 Å². The number of nitrogens with one attached hydrogen (secondary N) is 1. The Balaban J connectivity index is 2.04. The number of hydrogen-bond donors (Lipinski definition) is 1. The summed E-state index contributed by atoms with van der Waals surface area (Å²) in [4.78, 5) is 0. The lowest BCUT2D eigenvalue weighted by molar-refractivity contribution is -0.137. The Morgan fingerprint density at radius 3 is 2.59 bits per heavy atom. The van der Waals surface area contributed by atoms with E-state index in [4.69, 9.17) is 0 Å². The van der Waals surface area contributed by atoms with Crippen LogP contribution in [-0.2, 0) is 6.18 Å². The Morgan fingerprint density at radius 1 is 1.29 bits per heavy atom. The third-order valence-electron chi connectivity index (χ3n) is 3.41. The van der Waals surface area contributed by atoms with Gasteiger partial charge >= 0.3 is 6.18 Å². The summed E-state index contributed by atoms with van der Waals surface area (Å²) in [6, 6.07) is 5.73. The van der Waals surface area contributed by atoms with Gasteiger partial charge in [0.15, 0.2) is 0 Å². The first-order valence-electron chi connectivity index (χ1n) is 5.82. The summed E-state index contributed by atoms with van der Waals surface area (Å²) in [5, 5.41) is 3.10. The molecule has 1 fully saturated rings. The van der Waals surface area contributed by atoms with Crippen LogP contribution in [0.4, 0.5) is 13.2 Å². The van der Waals surface area contributed by atoms with E-state index in [0.717, 1.165) is 31.0 Å². The maximum atomic E-state index is 12.5. The number of halogens is 3. The van der Waals surface area contributed by atoms with E-state index in [1.54, 1.807) is 6.07 Å². The molecule has 0 bridgehead atoms. The zero-order valence-electron chi connectivity index (χ0n) is 9.72. The van der Waals surface area contributed by atoms with Crippen LogP contribution in [0, 0.1) is 5.92 Å². The average molecular weight is 243 g/mol. The summed E-state index contributed by atoms with van der Waals surface area (Å²) >= 11 is 0. The van der Waals surface area contributed by atoms with E-state index in [9.17, 15) is 13.2 Å². The molecule has 1 aliphatic rings. The van der Waals surface area contributed by atoms with Crippen molar-refractivity contribution in [3.05, 3.63) is 35.4 Å². The van der Waals surface area contributed by atoms with Gasteiger partial charge in [-0.2, -0.15) is 13.2 Å². The quantitative estimate of drug-likeness (QED) is 0.857. The lowest BCUT2D eigenvalue weighted by Crippen LogP contribution is -2.30. The van der Waals surface area contributed by atoms with Gasteiger partial charge in [0.1, 0.15) is 0 Å². The molecule has 1 nitrogen and oxygen atoms in total. The highest BCUT2D eigenvalue weighted by atomic mass is 19.4. The summed E-state index contributed by atoms with van der Waals surface area (Å²) < 4.78 is 37.6. The standard InChI is InChI=1S/C13H16F3N/c1-17-8-9-5-11(6-9)10-3-2-4-12(7-10)13(14,15)16/h2-4,7,9,11,17H,5-6,8H2,1H3. The Bertz CT molecular complexity index is 380. The van der Waals surface area contributed by atoms with Crippen molar-refractivity contribution >= 4 is 0 Å². The minimum Gasteiger partial charge on any atom is -0.319 e. The number of benzene rings is 1. The van der Waals surface area contributed by atoms with Gasteiger partial charge in [0.2, 0.25) is 0 Å². The SMILES string of the molecule is CNCC1CC(c2cccc(C(F)(F)F)c2)C1. The molecule has 1 aromatic carbocycles. The fourth-order valence-electron chi connectivity index (χ4n) is 2.43. The Kier molecular flexibility index (Phi) is 3.43. The summed E-state index contributed by atoms with van der Waals surface area (Å²) in [5.74, 6) is 0.912. The summed E-state index contributed by atoms with van der Waals surface area (Å²) in [5.41, 5.74) is 0.291. The number of rotatable bonds is 3. The van der Waals surface area contributed by atoms with E-state index >= 15 is 0 Å². The van der Waals surface area contributed by atoms with Gasteiger partial charge in [-0.05, 0) is 49.9 Å². The maximum absolute atomic E-state index is 12.5. The second-order valence-corrected chi connectivity index (χ2v) is 4.72. The molecule has 0 amide bonds. The molecule has 0 radical (unpaired) electrons. The number of hydrogen-bond acceptors (Lipinski definition) is 1. The molecule has 0 unspecified atom stereocenters. The van der Waals surface area contributed by atoms with E-state index in [1.807, 2.05) is 7.05 Å². The predicted octanol–water partition coefficient (Wildman–Crippen LogP) is 3.42. The molecule has 94 valence electrons. The Morgan fingerprint density at radius 2 is 2.00 bits per heavy atom. The van der Waals surface area contributed by atoms with Crippen molar-refractivity contribution in [3.63, 3.8) is 0 Å². The van der Waals surface area contributed by atoms with Crippen molar-refractivity contribution < 1.29 is 13.2 Å². The van der Waals surface area contributed by atoms with Crippen LogP contribution in [0.5, 0.6) is 0 Å². The van der Waals surface area contributed by atoms with E-state index in [-0.39, 0.29) is 0 Å². The Hall–Kier alpha value is -1.03. The molecular formula is C13H16F3N. The molecule has 1 aliphatic carbocycles. The molecule has 0 spiro atoms. The molecule has 0 atom stereocenters. The smallest absolute Gasteiger partial charge is 0.319 e. The van der Waals surface area contributed by atoms with E-state index in [2.05, 4.69) is 5.32 Å². The molecule has 1 saturated carbocycles. The van der Waals surface area contributed by atoms with Crippen LogP contribution < -0.4 is 5.32 Å². The number of alkyl halides is 3. The third kappa shape index (κ3) is 2.80. The van der Waals surface area contributed by atoms with Gasteiger partial charge in [-0.3, -0.25) is 0 Å². The van der Waals surface area contributed by atoms with Crippen LogP contribution in [0.2, 0.25) is 0 Å². The van der Waals surface area contributed by atoms with Crippen LogP contribution in [0.25, 0.3) is 0 Å². The molecule has 4 heteroatoms. The fourth-order valence-corrected chi connectivity index (χ4v) is 2.43. The zero-order valence-corrected chi connectivity index (χ0v) is 9.72. The van der Waals surface area contributed by atoms with Crippen LogP contribution in [-0.4, -0.2) is 13.6 Å². The van der Waals surface area contributed by atoms with Crippen LogP contribution >= 0.6 is 0 Å². The average Bonchev–Trinajstić information content (AvgIpc) is 2.22. The van der Waals surface area contributed by atoms with Crippen molar-refractivity contribution in [3.8, 4) is 0 Å². The van der Waals surface area contributed by atoms with Gasteiger partial charge < -0.3 is 5.32 Å². The third-order valence-corrected chi connectivity index (χ3v) is 3.41. The molecule has 0 aromatic heterocycles. The minimum absolute atomic E-state index is 0.302. The summed E-state index contributed by atoms with van der Waals surface area (Å²) in [6.45, 7) is 0.954. The monoisotopic (exact) mass is 243 g/mol. The Labute approximate surface area is 99.0 Å². The highest BCUT2D eigenvalue weighted by Gasteiger charge is 2.33. The fraction of sp³-hybridized carbons (Fsp3) is 0.538. The molecule has 2 rings (SSSR count). The highest BCUT2D eigenvalue weighted by Crippen LogP contribution is 2.42. The van der Waals surface area contributed by atoms with E-state index in [0.29, 0.717) is 11.8 Å². The molecule has 0 saturated heterocycles.